The minimum atomic E-state index is -0.450. The van der Waals surface area contributed by atoms with Crippen LogP contribution in [0.2, 0.25) is 0 Å². The first kappa shape index (κ1) is 24.1. The van der Waals surface area contributed by atoms with Crippen LogP contribution in [0.1, 0.15) is 28.8 Å². The van der Waals surface area contributed by atoms with Gasteiger partial charge in [0.15, 0.2) is 5.13 Å². The van der Waals surface area contributed by atoms with E-state index in [0.717, 1.165) is 37.2 Å². The van der Waals surface area contributed by atoms with Crippen LogP contribution >= 0.6 is 23.7 Å². The van der Waals surface area contributed by atoms with Gasteiger partial charge in [-0.3, -0.25) is 9.59 Å². The Balaban J connectivity index is 0.00000274. The van der Waals surface area contributed by atoms with Crippen LogP contribution < -0.4 is 15.4 Å². The molecule has 0 bridgehead atoms. The van der Waals surface area contributed by atoms with Crippen molar-refractivity contribution in [2.24, 2.45) is 0 Å². The summed E-state index contributed by atoms with van der Waals surface area (Å²) in [6.45, 7) is 1.81. The van der Waals surface area contributed by atoms with Gasteiger partial charge >= 0.3 is 0 Å². The molecule has 1 aromatic heterocycles. The summed E-state index contributed by atoms with van der Waals surface area (Å²) in [6.07, 6.45) is 3.72. The number of carbonyl (C=O) groups excluding carboxylic acids is 2. The molecule has 0 aliphatic carbocycles. The van der Waals surface area contributed by atoms with Gasteiger partial charge in [0, 0.05) is 22.7 Å². The fourth-order valence-corrected chi connectivity index (χ4v) is 4.71. The van der Waals surface area contributed by atoms with Crippen molar-refractivity contribution >= 4 is 40.7 Å². The number of amides is 2. The quantitative estimate of drug-likeness (QED) is 0.530. The van der Waals surface area contributed by atoms with Crippen molar-refractivity contribution in [3.63, 3.8) is 0 Å². The van der Waals surface area contributed by atoms with Crippen molar-refractivity contribution in [3.05, 3.63) is 64.9 Å². The van der Waals surface area contributed by atoms with E-state index in [1.165, 1.54) is 22.3 Å². The van der Waals surface area contributed by atoms with Crippen LogP contribution in [-0.4, -0.2) is 47.4 Å². The Morgan fingerprint density at radius 3 is 2.68 bits per heavy atom. The zero-order valence-corrected chi connectivity index (χ0v) is 19.9. The molecule has 0 spiro atoms. The Hall–Kier alpha value is -3.01. The number of halogens is 2. The summed E-state index contributed by atoms with van der Waals surface area (Å²) in [7, 11) is 0. The molecule has 7 nitrogen and oxygen atoms in total. The van der Waals surface area contributed by atoms with Crippen molar-refractivity contribution in [1.82, 2.24) is 15.2 Å². The van der Waals surface area contributed by atoms with E-state index in [1.807, 2.05) is 24.3 Å². The van der Waals surface area contributed by atoms with Crippen LogP contribution in [0.15, 0.2) is 48.0 Å². The van der Waals surface area contributed by atoms with Gasteiger partial charge in [-0.25, -0.2) is 9.37 Å². The van der Waals surface area contributed by atoms with E-state index in [9.17, 15) is 14.0 Å². The molecule has 5 rings (SSSR count). The SMILES string of the molecule is Cl.O=C(CN1Cc2c(F)cc(-c3ccc(OC4CCNCC4)cc3)cc2C1=O)Nc1nccs1. The Morgan fingerprint density at radius 2 is 1.97 bits per heavy atom. The standard InChI is InChI=1S/C24H23FN4O3S.ClH/c25-21-12-16(15-1-3-17(4-2-15)32-18-5-7-26-8-6-18)11-19-20(21)13-29(23(19)31)14-22(30)28-24-27-9-10-33-24;/h1-4,9-12,18,26H,5-8,13-14H2,(H,27,28,30);1H. The normalized spacial score (nSPS) is 15.6. The number of hydrogen-bond acceptors (Lipinski definition) is 6. The fourth-order valence-electron chi connectivity index (χ4n) is 4.16. The van der Waals surface area contributed by atoms with E-state index in [4.69, 9.17) is 4.74 Å². The van der Waals surface area contributed by atoms with Gasteiger partial charge in [0.05, 0.1) is 6.54 Å². The summed E-state index contributed by atoms with van der Waals surface area (Å²) in [5, 5.41) is 8.17. The summed E-state index contributed by atoms with van der Waals surface area (Å²) in [5.41, 5.74) is 2.02. The average Bonchev–Trinajstić information content (AvgIpc) is 3.44. The number of rotatable bonds is 6. The topological polar surface area (TPSA) is 83.6 Å². The number of hydrogen-bond donors (Lipinski definition) is 2. The molecule has 0 radical (unpaired) electrons. The largest absolute Gasteiger partial charge is 0.490 e. The van der Waals surface area contributed by atoms with Crippen molar-refractivity contribution in [3.8, 4) is 16.9 Å². The second-order valence-electron chi connectivity index (χ2n) is 8.12. The predicted molar refractivity (Wildman–Crippen MR) is 131 cm³/mol. The van der Waals surface area contributed by atoms with Crippen LogP contribution in [0, 0.1) is 5.82 Å². The first-order valence-electron chi connectivity index (χ1n) is 10.9. The summed E-state index contributed by atoms with van der Waals surface area (Å²) in [4.78, 5) is 30.5. The third-order valence-electron chi connectivity index (χ3n) is 5.85. The average molecular weight is 503 g/mol. The molecule has 0 saturated carbocycles. The maximum Gasteiger partial charge on any atom is 0.255 e. The van der Waals surface area contributed by atoms with Gasteiger partial charge in [0.2, 0.25) is 5.91 Å². The summed E-state index contributed by atoms with van der Waals surface area (Å²) in [5.74, 6) is -0.392. The highest BCUT2D eigenvalue weighted by atomic mass is 35.5. The van der Waals surface area contributed by atoms with Crippen LogP contribution in [0.3, 0.4) is 0 Å². The van der Waals surface area contributed by atoms with Crippen LogP contribution in [0.5, 0.6) is 5.75 Å². The first-order valence-corrected chi connectivity index (χ1v) is 11.7. The van der Waals surface area contributed by atoms with E-state index in [0.29, 0.717) is 21.8 Å². The van der Waals surface area contributed by atoms with Crippen LogP contribution in [-0.2, 0) is 11.3 Å². The van der Waals surface area contributed by atoms with Gasteiger partial charge < -0.3 is 20.3 Å². The minimum Gasteiger partial charge on any atom is -0.490 e. The molecule has 2 N–H and O–H groups in total. The molecule has 34 heavy (non-hydrogen) atoms. The molecule has 1 saturated heterocycles. The predicted octanol–water partition coefficient (Wildman–Crippen LogP) is 4.10. The smallest absolute Gasteiger partial charge is 0.255 e. The van der Waals surface area contributed by atoms with Gasteiger partial charge in [-0.05, 0) is 61.3 Å². The number of nitrogens with one attached hydrogen (secondary N) is 2. The number of thiazole rings is 1. The number of anilines is 1. The summed E-state index contributed by atoms with van der Waals surface area (Å²) >= 11 is 1.29. The Labute approximate surface area is 206 Å². The zero-order valence-electron chi connectivity index (χ0n) is 18.3. The molecular formula is C24H24ClFN4O3S. The molecule has 3 aromatic rings. The molecule has 10 heteroatoms. The molecule has 2 aliphatic heterocycles. The molecule has 2 aromatic carbocycles. The van der Waals surface area contributed by atoms with E-state index in [2.05, 4.69) is 15.6 Å². The number of benzene rings is 2. The monoisotopic (exact) mass is 502 g/mol. The number of fused-ring (bicyclic) bond motifs is 1. The van der Waals surface area contributed by atoms with Gasteiger partial charge in [-0.2, -0.15) is 0 Å². The second-order valence-corrected chi connectivity index (χ2v) is 9.02. The zero-order chi connectivity index (χ0) is 22.8. The molecule has 3 heterocycles. The molecule has 1 fully saturated rings. The number of aromatic nitrogens is 1. The maximum absolute atomic E-state index is 14.9. The van der Waals surface area contributed by atoms with E-state index in [-0.39, 0.29) is 43.4 Å². The molecule has 178 valence electrons. The molecular weight excluding hydrogens is 479 g/mol. The van der Waals surface area contributed by atoms with Gasteiger partial charge in [0.25, 0.3) is 5.91 Å². The fraction of sp³-hybridized carbons (Fsp3) is 0.292. The van der Waals surface area contributed by atoms with Gasteiger partial charge in [-0.15, -0.1) is 23.7 Å². The third kappa shape index (κ3) is 5.22. The highest BCUT2D eigenvalue weighted by molar-refractivity contribution is 7.13. The first-order chi connectivity index (χ1) is 16.1. The van der Waals surface area contributed by atoms with Crippen molar-refractivity contribution in [2.45, 2.75) is 25.5 Å². The summed E-state index contributed by atoms with van der Waals surface area (Å²) < 4.78 is 20.9. The Morgan fingerprint density at radius 1 is 1.21 bits per heavy atom. The van der Waals surface area contributed by atoms with Gasteiger partial charge in [0.1, 0.15) is 24.2 Å². The van der Waals surface area contributed by atoms with Crippen LogP contribution in [0.25, 0.3) is 11.1 Å². The van der Waals surface area contributed by atoms with Gasteiger partial charge in [-0.1, -0.05) is 12.1 Å². The van der Waals surface area contributed by atoms with Crippen molar-refractivity contribution < 1.29 is 18.7 Å². The molecule has 2 aliphatic rings. The maximum atomic E-state index is 14.9. The van der Waals surface area contributed by atoms with E-state index >= 15 is 0 Å². The lowest BCUT2D eigenvalue weighted by Crippen LogP contribution is -2.34. The Kier molecular flexibility index (Phi) is 7.45. The summed E-state index contributed by atoms with van der Waals surface area (Å²) in [6, 6.07) is 10.6. The number of piperidine rings is 1. The number of ether oxygens (including phenoxy) is 1. The lowest BCUT2D eigenvalue weighted by molar-refractivity contribution is -0.116. The van der Waals surface area contributed by atoms with Crippen molar-refractivity contribution in [1.29, 1.82) is 0 Å². The lowest BCUT2D eigenvalue weighted by atomic mass is 9.99. The third-order valence-corrected chi connectivity index (χ3v) is 6.54. The molecule has 0 atom stereocenters. The highest BCUT2D eigenvalue weighted by Crippen LogP contribution is 2.32. The highest BCUT2D eigenvalue weighted by Gasteiger charge is 2.32. The number of carbonyl (C=O) groups is 2. The second kappa shape index (κ2) is 10.5. The lowest BCUT2D eigenvalue weighted by Gasteiger charge is -2.23. The van der Waals surface area contributed by atoms with Crippen molar-refractivity contribution in [2.75, 3.05) is 25.0 Å². The number of nitrogens with zero attached hydrogens (tertiary/aromatic N) is 2. The van der Waals surface area contributed by atoms with Crippen LogP contribution in [0.4, 0.5) is 9.52 Å². The Bertz CT molecular complexity index is 1170. The van der Waals surface area contributed by atoms with E-state index in [1.54, 1.807) is 17.6 Å². The minimum absolute atomic E-state index is 0. The van der Waals surface area contributed by atoms with E-state index < -0.39 is 5.82 Å². The molecule has 2 amide bonds. The molecule has 0 unspecified atom stereocenters.